The largest absolute Gasteiger partial charge is 0.338 e. The third kappa shape index (κ3) is 4.23. The molecule has 0 spiro atoms. The van der Waals surface area contributed by atoms with E-state index in [0.29, 0.717) is 18.1 Å². The van der Waals surface area contributed by atoms with Crippen molar-refractivity contribution in [2.24, 2.45) is 5.73 Å². The minimum absolute atomic E-state index is 0.182. The Hall–Kier alpha value is -1.04. The monoisotopic (exact) mass is 297 g/mol. The van der Waals surface area contributed by atoms with Crippen LogP contribution >= 0.6 is 23.4 Å². The highest BCUT2D eigenvalue weighted by atomic mass is 35.5. The van der Waals surface area contributed by atoms with Crippen LogP contribution in [-0.4, -0.2) is 22.1 Å². The topological polar surface area (TPSA) is 64.9 Å². The molecule has 0 radical (unpaired) electrons. The van der Waals surface area contributed by atoms with E-state index in [4.69, 9.17) is 21.9 Å². The summed E-state index contributed by atoms with van der Waals surface area (Å²) >= 11 is 7.59. The van der Waals surface area contributed by atoms with E-state index in [9.17, 15) is 0 Å². The molecule has 1 aromatic heterocycles. The fourth-order valence-corrected chi connectivity index (χ4v) is 2.26. The van der Waals surface area contributed by atoms with Crippen molar-refractivity contribution >= 4 is 23.4 Å². The third-order valence-electron chi connectivity index (χ3n) is 2.71. The Labute approximate surface area is 121 Å². The average molecular weight is 298 g/mol. The van der Waals surface area contributed by atoms with Crippen molar-refractivity contribution in [1.29, 1.82) is 0 Å². The quantitative estimate of drug-likeness (QED) is 0.887. The molecule has 4 nitrogen and oxygen atoms in total. The fraction of sp³-hybridized carbons (Fsp3) is 0.385. The predicted octanol–water partition coefficient (Wildman–Crippen LogP) is 3.07. The molecule has 2 N–H and O–H groups in total. The summed E-state index contributed by atoms with van der Waals surface area (Å²) < 4.78 is 5.20. The second kappa shape index (κ2) is 6.93. The summed E-state index contributed by atoms with van der Waals surface area (Å²) in [6.07, 6.45) is 3.51. The third-order valence-corrected chi connectivity index (χ3v) is 3.61. The van der Waals surface area contributed by atoms with Crippen LogP contribution in [-0.2, 0) is 6.42 Å². The molecule has 0 bridgehead atoms. The van der Waals surface area contributed by atoms with Crippen molar-refractivity contribution < 1.29 is 4.52 Å². The van der Waals surface area contributed by atoms with Gasteiger partial charge in [0.25, 0.3) is 0 Å². The van der Waals surface area contributed by atoms with E-state index in [-0.39, 0.29) is 6.04 Å². The van der Waals surface area contributed by atoms with Crippen molar-refractivity contribution in [3.63, 3.8) is 0 Å². The van der Waals surface area contributed by atoms with Gasteiger partial charge in [0, 0.05) is 11.4 Å². The molecule has 0 saturated heterocycles. The normalized spacial score (nSPS) is 12.6. The number of nitrogens with two attached hydrogens (primary N) is 1. The first-order valence-corrected chi connectivity index (χ1v) is 7.77. The summed E-state index contributed by atoms with van der Waals surface area (Å²) in [6.45, 7) is 0. The van der Waals surface area contributed by atoms with Crippen molar-refractivity contribution in [1.82, 2.24) is 10.1 Å². The Kier molecular flexibility index (Phi) is 5.24. The SMILES string of the molecule is CSCC[C@@H](N)c1nc(Cc2ccc(Cl)cc2)no1. The van der Waals surface area contributed by atoms with Crippen LogP contribution in [0.3, 0.4) is 0 Å². The maximum absolute atomic E-state index is 5.98. The number of nitrogens with zero attached hydrogens (tertiary/aromatic N) is 2. The van der Waals surface area contributed by atoms with E-state index >= 15 is 0 Å². The van der Waals surface area contributed by atoms with Crippen LogP contribution in [0.2, 0.25) is 5.02 Å². The van der Waals surface area contributed by atoms with Gasteiger partial charge in [0.1, 0.15) is 0 Å². The standard InChI is InChI=1S/C13H16ClN3OS/c1-19-7-6-11(15)13-16-12(17-18-13)8-9-2-4-10(14)5-3-9/h2-5,11H,6-8,15H2,1H3/t11-/m1/s1. The highest BCUT2D eigenvalue weighted by Gasteiger charge is 2.14. The van der Waals surface area contributed by atoms with E-state index in [0.717, 1.165) is 22.8 Å². The van der Waals surface area contributed by atoms with Gasteiger partial charge in [0.2, 0.25) is 5.89 Å². The summed E-state index contributed by atoms with van der Waals surface area (Å²) in [7, 11) is 0. The van der Waals surface area contributed by atoms with E-state index in [2.05, 4.69) is 10.1 Å². The minimum atomic E-state index is -0.182. The smallest absolute Gasteiger partial charge is 0.243 e. The molecule has 6 heteroatoms. The van der Waals surface area contributed by atoms with Crippen LogP contribution in [0.15, 0.2) is 28.8 Å². The number of benzene rings is 1. The van der Waals surface area contributed by atoms with Gasteiger partial charge in [-0.05, 0) is 36.1 Å². The lowest BCUT2D eigenvalue weighted by Gasteiger charge is -2.03. The molecule has 0 aliphatic carbocycles. The average Bonchev–Trinajstić information content (AvgIpc) is 2.87. The van der Waals surface area contributed by atoms with Gasteiger partial charge in [0.05, 0.1) is 6.04 Å². The molecule has 0 unspecified atom stereocenters. The van der Waals surface area contributed by atoms with Gasteiger partial charge >= 0.3 is 0 Å². The Bertz CT molecular complexity index is 515. The summed E-state index contributed by atoms with van der Waals surface area (Å²) in [5, 5.41) is 4.68. The zero-order valence-corrected chi connectivity index (χ0v) is 12.2. The van der Waals surface area contributed by atoms with Crippen molar-refractivity contribution in [3.05, 3.63) is 46.6 Å². The van der Waals surface area contributed by atoms with Gasteiger partial charge in [-0.2, -0.15) is 16.7 Å². The van der Waals surface area contributed by atoms with Crippen LogP contribution in [0.4, 0.5) is 0 Å². The highest BCUT2D eigenvalue weighted by Crippen LogP contribution is 2.16. The second-order valence-electron chi connectivity index (χ2n) is 4.24. The van der Waals surface area contributed by atoms with Crippen molar-refractivity contribution in [2.75, 3.05) is 12.0 Å². The summed E-state index contributed by atoms with van der Waals surface area (Å²) in [5.74, 6) is 2.14. The molecule has 0 aliphatic heterocycles. The zero-order chi connectivity index (χ0) is 13.7. The van der Waals surface area contributed by atoms with Gasteiger partial charge in [-0.25, -0.2) is 0 Å². The van der Waals surface area contributed by atoms with Crippen molar-refractivity contribution in [2.45, 2.75) is 18.9 Å². The first-order chi connectivity index (χ1) is 9.19. The van der Waals surface area contributed by atoms with Crippen LogP contribution in [0.5, 0.6) is 0 Å². The van der Waals surface area contributed by atoms with Gasteiger partial charge in [-0.3, -0.25) is 0 Å². The van der Waals surface area contributed by atoms with Gasteiger partial charge in [0.15, 0.2) is 5.82 Å². The fourth-order valence-electron chi connectivity index (χ4n) is 1.64. The first-order valence-electron chi connectivity index (χ1n) is 6.00. The number of thioether (sulfide) groups is 1. The van der Waals surface area contributed by atoms with Gasteiger partial charge in [-0.1, -0.05) is 28.9 Å². The number of aromatic nitrogens is 2. The zero-order valence-electron chi connectivity index (χ0n) is 10.7. The lowest BCUT2D eigenvalue weighted by Crippen LogP contribution is -2.11. The predicted molar refractivity (Wildman–Crippen MR) is 78.5 cm³/mol. The van der Waals surface area contributed by atoms with E-state index in [1.807, 2.05) is 30.5 Å². The maximum atomic E-state index is 5.98. The molecule has 0 aliphatic rings. The molecule has 19 heavy (non-hydrogen) atoms. The van der Waals surface area contributed by atoms with E-state index in [1.165, 1.54) is 0 Å². The second-order valence-corrected chi connectivity index (χ2v) is 5.66. The van der Waals surface area contributed by atoms with Crippen LogP contribution < -0.4 is 5.73 Å². The molecule has 1 aromatic carbocycles. The number of rotatable bonds is 6. The van der Waals surface area contributed by atoms with Crippen LogP contribution in [0.25, 0.3) is 0 Å². The Morgan fingerprint density at radius 1 is 1.37 bits per heavy atom. The first kappa shape index (κ1) is 14.4. The van der Waals surface area contributed by atoms with Crippen LogP contribution in [0, 0.1) is 0 Å². The lowest BCUT2D eigenvalue weighted by atomic mass is 10.1. The molecular weight excluding hydrogens is 282 g/mol. The Balaban J connectivity index is 1.98. The molecule has 0 amide bonds. The van der Waals surface area contributed by atoms with E-state index < -0.39 is 0 Å². The van der Waals surface area contributed by atoms with Gasteiger partial charge in [-0.15, -0.1) is 0 Å². The maximum Gasteiger partial charge on any atom is 0.243 e. The molecule has 1 heterocycles. The summed E-state index contributed by atoms with van der Waals surface area (Å²) in [6, 6.07) is 7.42. The minimum Gasteiger partial charge on any atom is -0.338 e. The lowest BCUT2D eigenvalue weighted by molar-refractivity contribution is 0.349. The van der Waals surface area contributed by atoms with E-state index in [1.54, 1.807) is 11.8 Å². The molecule has 0 saturated carbocycles. The Morgan fingerprint density at radius 3 is 2.79 bits per heavy atom. The molecule has 2 rings (SSSR count). The van der Waals surface area contributed by atoms with Gasteiger partial charge < -0.3 is 10.3 Å². The summed E-state index contributed by atoms with van der Waals surface area (Å²) in [5.41, 5.74) is 7.07. The van der Waals surface area contributed by atoms with Crippen LogP contribution in [0.1, 0.15) is 29.7 Å². The number of hydrogen-bond acceptors (Lipinski definition) is 5. The molecular formula is C13H16ClN3OS. The number of halogens is 1. The molecule has 1 atom stereocenters. The summed E-state index contributed by atoms with van der Waals surface area (Å²) in [4.78, 5) is 4.34. The number of hydrogen-bond donors (Lipinski definition) is 1. The Morgan fingerprint density at radius 2 is 2.11 bits per heavy atom. The molecule has 0 fully saturated rings. The highest BCUT2D eigenvalue weighted by molar-refractivity contribution is 7.98. The molecule has 2 aromatic rings. The van der Waals surface area contributed by atoms with Crippen molar-refractivity contribution in [3.8, 4) is 0 Å². The molecule has 102 valence electrons.